The summed E-state index contributed by atoms with van der Waals surface area (Å²) in [6, 6.07) is 2.87. The number of benzene rings is 1. The van der Waals surface area contributed by atoms with Crippen LogP contribution in [-0.4, -0.2) is 30.9 Å². The number of nitrogens with zero attached hydrogens (tertiary/aromatic N) is 1. The van der Waals surface area contributed by atoms with Gasteiger partial charge in [-0.1, -0.05) is 0 Å². The van der Waals surface area contributed by atoms with Gasteiger partial charge < -0.3 is 10.2 Å². The maximum atomic E-state index is 13.5. The lowest BCUT2D eigenvalue weighted by molar-refractivity contribution is -0.121. The number of nitrogens with one attached hydrogen (secondary N) is 1. The Morgan fingerprint density at radius 2 is 2.25 bits per heavy atom. The number of hydrogen-bond donors (Lipinski definition) is 1. The molecule has 1 aromatic carbocycles. The van der Waals surface area contributed by atoms with Crippen LogP contribution in [0.4, 0.5) is 8.78 Å². The summed E-state index contributed by atoms with van der Waals surface area (Å²) in [5.41, 5.74) is 0.222. The van der Waals surface area contributed by atoms with Crippen molar-refractivity contribution in [1.29, 1.82) is 0 Å². The molecule has 0 bridgehead atoms. The maximum absolute atomic E-state index is 13.5. The van der Waals surface area contributed by atoms with Crippen LogP contribution in [0, 0.1) is 11.6 Å². The summed E-state index contributed by atoms with van der Waals surface area (Å²) < 4.78 is 26.6. The lowest BCUT2D eigenvalue weighted by atomic mass is 10.0. The number of hydrogen-bond acceptors (Lipinski definition) is 2. The van der Waals surface area contributed by atoms with Crippen molar-refractivity contribution in [3.05, 3.63) is 35.4 Å². The van der Waals surface area contributed by atoms with Crippen LogP contribution < -0.4 is 5.32 Å². The average molecular weight is 226 g/mol. The maximum Gasteiger partial charge on any atom is 0.210 e. The molecule has 0 aliphatic carbocycles. The van der Waals surface area contributed by atoms with Crippen LogP contribution in [0.1, 0.15) is 11.6 Å². The van der Waals surface area contributed by atoms with Gasteiger partial charge in [0.15, 0.2) is 0 Å². The molecule has 1 aromatic rings. The Kier molecular flexibility index (Phi) is 3.14. The smallest absolute Gasteiger partial charge is 0.210 e. The molecular weight excluding hydrogens is 214 g/mol. The summed E-state index contributed by atoms with van der Waals surface area (Å²) in [5, 5.41) is 3.05. The molecule has 1 aliphatic rings. The van der Waals surface area contributed by atoms with Gasteiger partial charge in [0.25, 0.3) is 0 Å². The van der Waals surface area contributed by atoms with Crippen molar-refractivity contribution in [2.24, 2.45) is 0 Å². The van der Waals surface area contributed by atoms with Crippen LogP contribution in [0.15, 0.2) is 18.2 Å². The van der Waals surface area contributed by atoms with E-state index < -0.39 is 17.7 Å². The van der Waals surface area contributed by atoms with Gasteiger partial charge in [0.05, 0.1) is 6.04 Å². The second kappa shape index (κ2) is 4.57. The van der Waals surface area contributed by atoms with E-state index in [1.807, 2.05) is 0 Å². The Balaban J connectivity index is 2.33. The van der Waals surface area contributed by atoms with Crippen LogP contribution in [0.2, 0.25) is 0 Å². The van der Waals surface area contributed by atoms with E-state index in [9.17, 15) is 13.6 Å². The van der Waals surface area contributed by atoms with E-state index in [-0.39, 0.29) is 5.56 Å². The predicted molar refractivity (Wildman–Crippen MR) is 54.7 cm³/mol. The Morgan fingerprint density at radius 1 is 1.44 bits per heavy atom. The minimum atomic E-state index is -0.493. The molecule has 1 saturated heterocycles. The van der Waals surface area contributed by atoms with Crippen molar-refractivity contribution in [2.45, 2.75) is 6.04 Å². The van der Waals surface area contributed by atoms with Gasteiger partial charge in [0.1, 0.15) is 11.6 Å². The highest BCUT2D eigenvalue weighted by Crippen LogP contribution is 2.24. The van der Waals surface area contributed by atoms with Crippen LogP contribution in [0.3, 0.4) is 0 Å². The Morgan fingerprint density at radius 3 is 3.00 bits per heavy atom. The van der Waals surface area contributed by atoms with Crippen molar-refractivity contribution >= 4 is 6.41 Å². The lowest BCUT2D eigenvalue weighted by Crippen LogP contribution is -2.45. The zero-order valence-electron chi connectivity index (χ0n) is 8.62. The summed E-state index contributed by atoms with van der Waals surface area (Å²) in [6.45, 7) is 1.62. The van der Waals surface area contributed by atoms with E-state index >= 15 is 0 Å². The zero-order valence-corrected chi connectivity index (χ0v) is 8.62. The monoisotopic (exact) mass is 226 g/mol. The molecule has 1 amide bonds. The van der Waals surface area contributed by atoms with Gasteiger partial charge in [-0.2, -0.15) is 0 Å². The molecule has 0 spiro atoms. The van der Waals surface area contributed by atoms with Crippen molar-refractivity contribution in [2.75, 3.05) is 19.6 Å². The molecule has 3 nitrogen and oxygen atoms in total. The van der Waals surface area contributed by atoms with Gasteiger partial charge >= 0.3 is 0 Å². The Hall–Kier alpha value is -1.49. The zero-order chi connectivity index (χ0) is 11.5. The molecule has 1 fully saturated rings. The Bertz CT molecular complexity index is 398. The number of rotatable bonds is 2. The molecule has 1 unspecified atom stereocenters. The molecular formula is C11H12F2N2O. The number of piperazine rings is 1. The van der Waals surface area contributed by atoms with Gasteiger partial charge in [-0.15, -0.1) is 0 Å². The normalized spacial score (nSPS) is 20.9. The first kappa shape index (κ1) is 11.0. The van der Waals surface area contributed by atoms with E-state index in [1.54, 1.807) is 0 Å². The molecule has 2 rings (SSSR count). The van der Waals surface area contributed by atoms with Crippen molar-refractivity contribution in [1.82, 2.24) is 10.2 Å². The second-order valence-electron chi connectivity index (χ2n) is 3.73. The number of carbonyl (C=O) groups excluding carboxylic acids is 1. The molecule has 1 atom stereocenters. The third-order valence-corrected chi connectivity index (χ3v) is 2.74. The van der Waals surface area contributed by atoms with Gasteiger partial charge in [0.2, 0.25) is 6.41 Å². The van der Waals surface area contributed by atoms with Gasteiger partial charge in [0, 0.05) is 25.2 Å². The Labute approximate surface area is 92.1 Å². The van der Waals surface area contributed by atoms with Gasteiger partial charge in [-0.05, 0) is 18.2 Å². The predicted octanol–water partition coefficient (Wildman–Crippen LogP) is 1.07. The first-order valence-corrected chi connectivity index (χ1v) is 5.09. The molecule has 1 N–H and O–H groups in total. The third-order valence-electron chi connectivity index (χ3n) is 2.74. The SMILES string of the molecule is O=CN1CCNCC1c1cc(F)ccc1F. The van der Waals surface area contributed by atoms with E-state index in [1.165, 1.54) is 4.90 Å². The number of amides is 1. The minimum Gasteiger partial charge on any atom is -0.336 e. The van der Waals surface area contributed by atoms with Crippen molar-refractivity contribution in [3.63, 3.8) is 0 Å². The summed E-state index contributed by atoms with van der Waals surface area (Å²) in [5.74, 6) is -0.977. The molecule has 1 heterocycles. The van der Waals surface area contributed by atoms with Crippen molar-refractivity contribution < 1.29 is 13.6 Å². The molecule has 16 heavy (non-hydrogen) atoms. The van der Waals surface area contributed by atoms with Crippen LogP contribution in [0.25, 0.3) is 0 Å². The molecule has 5 heteroatoms. The summed E-state index contributed by atoms with van der Waals surface area (Å²) in [7, 11) is 0. The molecule has 0 aromatic heterocycles. The van der Waals surface area contributed by atoms with Gasteiger partial charge in [-0.25, -0.2) is 8.78 Å². The molecule has 0 radical (unpaired) electrons. The van der Waals surface area contributed by atoms with E-state index in [2.05, 4.69) is 5.32 Å². The van der Waals surface area contributed by atoms with Crippen LogP contribution in [0.5, 0.6) is 0 Å². The van der Waals surface area contributed by atoms with Crippen molar-refractivity contribution in [3.8, 4) is 0 Å². The highest BCUT2D eigenvalue weighted by atomic mass is 19.1. The lowest BCUT2D eigenvalue weighted by Gasteiger charge is -2.33. The summed E-state index contributed by atoms with van der Waals surface area (Å²) in [4.78, 5) is 12.3. The standard InChI is InChI=1S/C11H12F2N2O/c12-8-1-2-10(13)9(5-8)11-6-14-3-4-15(11)7-16/h1-2,5,7,11,14H,3-4,6H2. The van der Waals surface area contributed by atoms with E-state index in [4.69, 9.17) is 0 Å². The second-order valence-corrected chi connectivity index (χ2v) is 3.73. The number of halogens is 2. The fourth-order valence-corrected chi connectivity index (χ4v) is 1.90. The molecule has 1 aliphatic heterocycles. The first-order chi connectivity index (χ1) is 7.72. The topological polar surface area (TPSA) is 32.3 Å². The van der Waals surface area contributed by atoms with Gasteiger partial charge in [-0.3, -0.25) is 4.79 Å². The average Bonchev–Trinajstić information content (AvgIpc) is 2.32. The van der Waals surface area contributed by atoms with E-state index in [0.29, 0.717) is 26.0 Å². The largest absolute Gasteiger partial charge is 0.336 e. The van der Waals surface area contributed by atoms with Crippen LogP contribution in [-0.2, 0) is 4.79 Å². The molecule has 86 valence electrons. The van der Waals surface area contributed by atoms with Crippen LogP contribution >= 0.6 is 0 Å². The minimum absolute atomic E-state index is 0.222. The molecule has 0 saturated carbocycles. The number of carbonyl (C=O) groups is 1. The summed E-state index contributed by atoms with van der Waals surface area (Å²) in [6.07, 6.45) is 0.676. The fraction of sp³-hybridized carbons (Fsp3) is 0.364. The quantitative estimate of drug-likeness (QED) is 0.765. The first-order valence-electron chi connectivity index (χ1n) is 5.09. The highest BCUT2D eigenvalue weighted by molar-refractivity contribution is 5.49. The van der Waals surface area contributed by atoms with E-state index in [0.717, 1.165) is 18.2 Å². The highest BCUT2D eigenvalue weighted by Gasteiger charge is 2.25. The summed E-state index contributed by atoms with van der Waals surface area (Å²) >= 11 is 0. The fourth-order valence-electron chi connectivity index (χ4n) is 1.90. The third kappa shape index (κ3) is 2.04.